The zero-order chi connectivity index (χ0) is 19.4. The molecule has 0 unspecified atom stereocenters. The first-order valence-corrected chi connectivity index (χ1v) is 9.57. The molecule has 144 valence electrons. The number of rotatable bonds is 3. The van der Waals surface area contributed by atoms with Crippen LogP contribution in [0.1, 0.15) is 5.56 Å². The van der Waals surface area contributed by atoms with Crippen molar-refractivity contribution in [2.24, 2.45) is 0 Å². The van der Waals surface area contributed by atoms with Gasteiger partial charge in [0.05, 0.1) is 5.56 Å². The molecule has 0 radical (unpaired) electrons. The number of aromatic nitrogens is 1. The van der Waals surface area contributed by atoms with Crippen molar-refractivity contribution in [1.29, 1.82) is 0 Å². The SMILES string of the molecule is CSc1ccc(NC(=O)N2CCN(c3ccc(C(F)(F)F)cn3)CC2)cc1. The Bertz CT molecular complexity index is 773. The highest BCUT2D eigenvalue weighted by Crippen LogP contribution is 2.29. The Balaban J connectivity index is 1.54. The van der Waals surface area contributed by atoms with Crippen LogP contribution in [-0.2, 0) is 6.18 Å². The van der Waals surface area contributed by atoms with Gasteiger partial charge < -0.3 is 15.1 Å². The molecule has 0 spiro atoms. The van der Waals surface area contributed by atoms with Gasteiger partial charge in [0.15, 0.2) is 0 Å². The number of anilines is 2. The molecular weight excluding hydrogens is 377 g/mol. The van der Waals surface area contributed by atoms with Crippen LogP contribution < -0.4 is 10.2 Å². The van der Waals surface area contributed by atoms with E-state index in [1.54, 1.807) is 16.7 Å². The number of urea groups is 1. The molecule has 1 aliphatic rings. The Hall–Kier alpha value is -2.42. The molecule has 1 N–H and O–H groups in total. The number of carbonyl (C=O) groups excluding carboxylic acids is 1. The molecule has 2 heterocycles. The summed E-state index contributed by atoms with van der Waals surface area (Å²) in [4.78, 5) is 21.0. The number of amides is 2. The lowest BCUT2D eigenvalue weighted by atomic mass is 10.2. The van der Waals surface area contributed by atoms with Gasteiger partial charge in [-0.15, -0.1) is 11.8 Å². The first kappa shape index (κ1) is 19.3. The summed E-state index contributed by atoms with van der Waals surface area (Å²) in [6.07, 6.45) is -1.57. The fourth-order valence-electron chi connectivity index (χ4n) is 2.76. The summed E-state index contributed by atoms with van der Waals surface area (Å²) >= 11 is 1.63. The predicted molar refractivity (Wildman–Crippen MR) is 100 cm³/mol. The van der Waals surface area contributed by atoms with Crippen molar-refractivity contribution in [2.45, 2.75) is 11.1 Å². The van der Waals surface area contributed by atoms with Crippen molar-refractivity contribution in [3.05, 3.63) is 48.2 Å². The number of thioether (sulfide) groups is 1. The van der Waals surface area contributed by atoms with Crippen LogP contribution in [0.25, 0.3) is 0 Å². The minimum atomic E-state index is -4.39. The molecule has 0 aliphatic carbocycles. The fraction of sp³-hybridized carbons (Fsp3) is 0.333. The van der Waals surface area contributed by atoms with Gasteiger partial charge in [0.25, 0.3) is 0 Å². The summed E-state index contributed by atoms with van der Waals surface area (Å²) in [6, 6.07) is 9.79. The number of carbonyl (C=O) groups is 1. The number of alkyl halides is 3. The second-order valence-electron chi connectivity index (χ2n) is 6.04. The van der Waals surface area contributed by atoms with Gasteiger partial charge in [-0.1, -0.05) is 0 Å². The predicted octanol–water partition coefficient (Wildman–Crippen LogP) is 4.18. The van der Waals surface area contributed by atoms with Crippen LogP contribution in [0, 0.1) is 0 Å². The molecule has 1 aromatic carbocycles. The minimum absolute atomic E-state index is 0.188. The van der Waals surface area contributed by atoms with Gasteiger partial charge in [-0.25, -0.2) is 9.78 Å². The highest BCUT2D eigenvalue weighted by Gasteiger charge is 2.31. The molecular formula is C18H19F3N4OS. The molecule has 5 nitrogen and oxygen atoms in total. The molecule has 0 bridgehead atoms. The summed E-state index contributed by atoms with van der Waals surface area (Å²) in [6.45, 7) is 1.96. The van der Waals surface area contributed by atoms with Crippen LogP contribution in [0.15, 0.2) is 47.5 Å². The van der Waals surface area contributed by atoms with Crippen molar-refractivity contribution in [2.75, 3.05) is 42.7 Å². The van der Waals surface area contributed by atoms with E-state index in [1.807, 2.05) is 35.4 Å². The van der Waals surface area contributed by atoms with E-state index in [9.17, 15) is 18.0 Å². The van der Waals surface area contributed by atoms with Crippen LogP contribution in [-0.4, -0.2) is 48.3 Å². The van der Waals surface area contributed by atoms with E-state index in [0.717, 1.165) is 22.8 Å². The van der Waals surface area contributed by atoms with Gasteiger partial charge in [0, 0.05) is 43.0 Å². The topological polar surface area (TPSA) is 48.5 Å². The number of nitrogens with zero attached hydrogens (tertiary/aromatic N) is 3. The lowest BCUT2D eigenvalue weighted by Crippen LogP contribution is -2.50. The monoisotopic (exact) mass is 396 g/mol. The maximum atomic E-state index is 12.6. The number of hydrogen-bond donors (Lipinski definition) is 1. The van der Waals surface area contributed by atoms with E-state index < -0.39 is 11.7 Å². The Morgan fingerprint density at radius 3 is 2.26 bits per heavy atom. The summed E-state index contributed by atoms with van der Waals surface area (Å²) in [5, 5.41) is 2.86. The van der Waals surface area contributed by atoms with Crippen molar-refractivity contribution in [3.63, 3.8) is 0 Å². The van der Waals surface area contributed by atoms with Gasteiger partial charge in [0.2, 0.25) is 0 Å². The van der Waals surface area contributed by atoms with E-state index in [1.165, 1.54) is 6.07 Å². The molecule has 1 saturated heterocycles. The van der Waals surface area contributed by atoms with Crippen LogP contribution >= 0.6 is 11.8 Å². The maximum absolute atomic E-state index is 12.6. The summed E-state index contributed by atoms with van der Waals surface area (Å²) in [5.41, 5.74) is -0.0404. The second-order valence-corrected chi connectivity index (χ2v) is 6.92. The number of nitrogens with one attached hydrogen (secondary N) is 1. The number of pyridine rings is 1. The summed E-state index contributed by atoms with van der Waals surface area (Å²) in [7, 11) is 0. The van der Waals surface area contributed by atoms with E-state index >= 15 is 0 Å². The largest absolute Gasteiger partial charge is 0.417 e. The van der Waals surface area contributed by atoms with Crippen LogP contribution in [0.4, 0.5) is 29.5 Å². The molecule has 3 rings (SSSR count). The summed E-state index contributed by atoms with van der Waals surface area (Å²) in [5.74, 6) is 0.482. The van der Waals surface area contributed by atoms with Crippen molar-refractivity contribution >= 4 is 29.3 Å². The minimum Gasteiger partial charge on any atom is -0.353 e. The average molecular weight is 396 g/mol. The van der Waals surface area contributed by atoms with Crippen molar-refractivity contribution in [3.8, 4) is 0 Å². The molecule has 0 atom stereocenters. The van der Waals surface area contributed by atoms with Crippen molar-refractivity contribution in [1.82, 2.24) is 9.88 Å². The zero-order valence-corrected chi connectivity index (χ0v) is 15.5. The van der Waals surface area contributed by atoms with Crippen LogP contribution in [0.3, 0.4) is 0 Å². The number of piperazine rings is 1. The van der Waals surface area contributed by atoms with Gasteiger partial charge in [-0.2, -0.15) is 13.2 Å². The van der Waals surface area contributed by atoms with Crippen LogP contribution in [0.5, 0.6) is 0 Å². The molecule has 0 saturated carbocycles. The van der Waals surface area contributed by atoms with E-state index in [0.29, 0.717) is 32.0 Å². The molecule has 1 aliphatic heterocycles. The molecule has 1 fully saturated rings. The Morgan fingerprint density at radius 2 is 1.74 bits per heavy atom. The quantitative estimate of drug-likeness (QED) is 0.791. The van der Waals surface area contributed by atoms with Gasteiger partial charge in [0.1, 0.15) is 5.82 Å². The Kier molecular flexibility index (Phi) is 5.79. The third-order valence-corrected chi connectivity index (χ3v) is 5.05. The highest BCUT2D eigenvalue weighted by molar-refractivity contribution is 7.98. The molecule has 2 amide bonds. The highest BCUT2D eigenvalue weighted by atomic mass is 32.2. The Morgan fingerprint density at radius 1 is 1.07 bits per heavy atom. The van der Waals surface area contributed by atoms with Crippen LogP contribution in [0.2, 0.25) is 0 Å². The zero-order valence-electron chi connectivity index (χ0n) is 14.7. The maximum Gasteiger partial charge on any atom is 0.417 e. The normalized spacial score (nSPS) is 15.0. The standard InChI is InChI=1S/C18H19F3N4OS/c1-27-15-5-3-14(4-6-15)23-17(26)25-10-8-24(9-11-25)16-7-2-13(12-22-16)18(19,20)21/h2-7,12H,8-11H2,1H3,(H,23,26). The first-order valence-electron chi connectivity index (χ1n) is 8.35. The lowest BCUT2D eigenvalue weighted by Gasteiger charge is -2.35. The van der Waals surface area contributed by atoms with Gasteiger partial charge in [-0.3, -0.25) is 0 Å². The molecule has 27 heavy (non-hydrogen) atoms. The lowest BCUT2D eigenvalue weighted by molar-refractivity contribution is -0.137. The van der Waals surface area contributed by atoms with Gasteiger partial charge >= 0.3 is 12.2 Å². The van der Waals surface area contributed by atoms with E-state index in [2.05, 4.69) is 10.3 Å². The number of halogens is 3. The molecule has 9 heteroatoms. The fourth-order valence-corrected chi connectivity index (χ4v) is 3.16. The van der Waals surface area contributed by atoms with Crippen molar-refractivity contribution < 1.29 is 18.0 Å². The Labute approximate surface area is 159 Å². The molecule has 1 aromatic heterocycles. The van der Waals surface area contributed by atoms with Gasteiger partial charge in [-0.05, 0) is 42.7 Å². The second kappa shape index (κ2) is 8.08. The third kappa shape index (κ3) is 4.85. The average Bonchev–Trinajstić information content (AvgIpc) is 2.68. The third-order valence-electron chi connectivity index (χ3n) is 4.31. The first-order chi connectivity index (χ1) is 12.9. The van der Waals surface area contributed by atoms with E-state index in [4.69, 9.17) is 0 Å². The smallest absolute Gasteiger partial charge is 0.353 e. The summed E-state index contributed by atoms with van der Waals surface area (Å²) < 4.78 is 37.9. The van der Waals surface area contributed by atoms with E-state index in [-0.39, 0.29) is 6.03 Å². The number of benzene rings is 1. The number of hydrogen-bond acceptors (Lipinski definition) is 4. The molecule has 2 aromatic rings.